The third kappa shape index (κ3) is 4.94. The van der Waals surface area contributed by atoms with Gasteiger partial charge in [-0.3, -0.25) is 0 Å². The number of halogens is 2. The molecule has 0 saturated heterocycles. The van der Waals surface area contributed by atoms with Crippen LogP contribution >= 0.6 is 38.5 Å². The van der Waals surface area contributed by atoms with Gasteiger partial charge in [0.1, 0.15) is 17.5 Å². The van der Waals surface area contributed by atoms with Crippen molar-refractivity contribution in [2.75, 3.05) is 7.11 Å². The number of ether oxygens (including phenoxy) is 3. The third-order valence-electron chi connectivity index (χ3n) is 4.60. The summed E-state index contributed by atoms with van der Waals surface area (Å²) in [7, 11) is 1.66. The summed E-state index contributed by atoms with van der Waals surface area (Å²) in [5.41, 5.74) is 1.85. The van der Waals surface area contributed by atoms with Gasteiger partial charge in [0.15, 0.2) is 0 Å². The number of methoxy groups -OCH3 is 1. The average Bonchev–Trinajstić information content (AvgIpc) is 2.52. The summed E-state index contributed by atoms with van der Waals surface area (Å²) in [6, 6.07) is 8.07. The van der Waals surface area contributed by atoms with Gasteiger partial charge in [-0.15, -0.1) is 0 Å². The van der Waals surface area contributed by atoms with Gasteiger partial charge in [0, 0.05) is 12.3 Å². The van der Waals surface area contributed by atoms with Crippen LogP contribution in [-0.2, 0) is 9.47 Å². The molecule has 1 aromatic carbocycles. The number of allylic oxidation sites excluding steroid dienone is 1. The predicted octanol–water partition coefficient (Wildman–Crippen LogP) is 6.36. The summed E-state index contributed by atoms with van der Waals surface area (Å²) in [6.45, 7) is 9.71. The van der Waals surface area contributed by atoms with Crippen LogP contribution in [0.3, 0.4) is 0 Å². The number of rotatable bonds is 3. The third-order valence-corrected chi connectivity index (χ3v) is 6.81. The van der Waals surface area contributed by atoms with E-state index in [-0.39, 0.29) is 12.0 Å². The molecule has 0 radical (unpaired) electrons. The number of carbonyl (C=O) groups excluding carboxylic acids is 1. The van der Waals surface area contributed by atoms with E-state index in [1.165, 1.54) is 9.15 Å². The highest BCUT2D eigenvalue weighted by Crippen LogP contribution is 2.50. The number of alkyl halides is 1. The molecule has 0 heterocycles. The Morgan fingerprint density at radius 3 is 2.35 bits per heavy atom. The molecular weight excluding hydrogens is 511 g/mol. The lowest BCUT2D eigenvalue weighted by Gasteiger charge is -2.42. The quantitative estimate of drug-likeness (QED) is 0.256. The van der Waals surface area contributed by atoms with Gasteiger partial charge in [-0.25, -0.2) is 4.79 Å². The van der Waals surface area contributed by atoms with Crippen molar-refractivity contribution in [2.24, 2.45) is 5.92 Å². The first-order valence-electron chi connectivity index (χ1n) is 8.57. The summed E-state index contributed by atoms with van der Waals surface area (Å²) in [5, 5.41) is 0. The van der Waals surface area contributed by atoms with Crippen LogP contribution in [0.5, 0.6) is 5.75 Å². The van der Waals surface area contributed by atoms with E-state index in [2.05, 4.69) is 64.5 Å². The van der Waals surface area contributed by atoms with Crippen molar-refractivity contribution >= 4 is 50.2 Å². The lowest BCUT2D eigenvalue weighted by molar-refractivity contribution is -0.0357. The van der Waals surface area contributed by atoms with E-state index in [1.807, 2.05) is 32.9 Å². The highest BCUT2D eigenvalue weighted by molar-refractivity contribution is 14.1. The van der Waals surface area contributed by atoms with Crippen molar-refractivity contribution < 1.29 is 19.0 Å². The molecule has 0 spiro atoms. The Kier molecular flexibility index (Phi) is 6.70. The standard InChI is InChI=1S/C20H26BrIO4/c1-12-17(13-7-9-14(24-6)10-8-13)15(22)11-16(20(12,5)21)25-18(23)26-19(2,3)4/h7-10,12,16H,11H2,1-6H3/t12-,16-,20+/m1/s1. The molecule has 2 rings (SSSR count). The normalized spacial score (nSPS) is 26.5. The van der Waals surface area contributed by atoms with Crippen LogP contribution in [0.2, 0.25) is 0 Å². The molecule has 0 aromatic heterocycles. The van der Waals surface area contributed by atoms with Gasteiger partial charge in [0.2, 0.25) is 0 Å². The molecule has 3 atom stereocenters. The van der Waals surface area contributed by atoms with E-state index in [4.69, 9.17) is 14.2 Å². The van der Waals surface area contributed by atoms with E-state index in [1.54, 1.807) is 7.11 Å². The van der Waals surface area contributed by atoms with Gasteiger partial charge in [-0.2, -0.15) is 0 Å². The predicted molar refractivity (Wildman–Crippen MR) is 116 cm³/mol. The zero-order chi connectivity index (χ0) is 19.7. The second-order valence-electron chi connectivity index (χ2n) is 7.70. The molecule has 0 bridgehead atoms. The minimum atomic E-state index is -0.627. The van der Waals surface area contributed by atoms with Gasteiger partial charge in [-0.1, -0.05) is 35.0 Å². The molecular formula is C20H26BrIO4. The Balaban J connectivity index is 2.27. The van der Waals surface area contributed by atoms with Crippen molar-refractivity contribution in [1.29, 1.82) is 0 Å². The molecule has 6 heteroatoms. The molecule has 1 aromatic rings. The van der Waals surface area contributed by atoms with Gasteiger partial charge < -0.3 is 14.2 Å². The van der Waals surface area contributed by atoms with E-state index >= 15 is 0 Å². The zero-order valence-corrected chi connectivity index (χ0v) is 19.8. The number of hydrogen-bond acceptors (Lipinski definition) is 4. The van der Waals surface area contributed by atoms with Crippen LogP contribution in [-0.4, -0.2) is 29.3 Å². The van der Waals surface area contributed by atoms with Gasteiger partial charge in [-0.05, 0) is 77.1 Å². The fraction of sp³-hybridized carbons (Fsp3) is 0.550. The maximum absolute atomic E-state index is 12.2. The van der Waals surface area contributed by atoms with Crippen molar-refractivity contribution in [3.05, 3.63) is 33.4 Å². The summed E-state index contributed by atoms with van der Waals surface area (Å²) < 4.78 is 17.0. The second kappa shape index (κ2) is 8.09. The van der Waals surface area contributed by atoms with Crippen LogP contribution in [0, 0.1) is 5.92 Å². The number of carbonyl (C=O) groups is 1. The van der Waals surface area contributed by atoms with Crippen LogP contribution in [0.1, 0.15) is 46.6 Å². The average molecular weight is 537 g/mol. The lowest BCUT2D eigenvalue weighted by Crippen LogP contribution is -2.46. The highest BCUT2D eigenvalue weighted by Gasteiger charge is 2.46. The lowest BCUT2D eigenvalue weighted by atomic mass is 9.76. The number of hydrogen-bond donors (Lipinski definition) is 0. The van der Waals surface area contributed by atoms with Crippen molar-refractivity contribution in [1.82, 2.24) is 0 Å². The SMILES string of the molecule is COc1ccc(C2=C(I)C[C@@H](OC(=O)OC(C)(C)C)[C@@](C)(Br)[C@@H]2C)cc1. The summed E-state index contributed by atoms with van der Waals surface area (Å²) in [5.74, 6) is 0.976. The molecule has 0 saturated carbocycles. The summed E-state index contributed by atoms with van der Waals surface area (Å²) in [6.07, 6.45) is -0.286. The Bertz CT molecular complexity index is 689. The van der Waals surface area contributed by atoms with Crippen molar-refractivity contribution in [3.63, 3.8) is 0 Å². The molecule has 1 aliphatic carbocycles. The molecule has 144 valence electrons. The zero-order valence-electron chi connectivity index (χ0n) is 16.1. The van der Waals surface area contributed by atoms with Gasteiger partial charge in [0.25, 0.3) is 0 Å². The summed E-state index contributed by atoms with van der Waals surface area (Å²) in [4.78, 5) is 12.2. The van der Waals surface area contributed by atoms with Crippen LogP contribution in [0.15, 0.2) is 27.8 Å². The van der Waals surface area contributed by atoms with Gasteiger partial charge in [0.05, 0.1) is 11.4 Å². The Labute approximate surface area is 177 Å². The Morgan fingerprint density at radius 1 is 1.27 bits per heavy atom. The number of benzene rings is 1. The van der Waals surface area contributed by atoms with Crippen LogP contribution in [0.25, 0.3) is 5.57 Å². The van der Waals surface area contributed by atoms with Crippen LogP contribution < -0.4 is 4.74 Å². The molecule has 1 aliphatic rings. The molecule has 4 nitrogen and oxygen atoms in total. The first-order chi connectivity index (χ1) is 12.0. The first kappa shape index (κ1) is 21.5. The molecule has 0 fully saturated rings. The maximum atomic E-state index is 12.2. The van der Waals surface area contributed by atoms with E-state index in [0.717, 1.165) is 11.3 Å². The largest absolute Gasteiger partial charge is 0.509 e. The van der Waals surface area contributed by atoms with E-state index in [0.29, 0.717) is 6.42 Å². The van der Waals surface area contributed by atoms with E-state index in [9.17, 15) is 4.79 Å². The monoisotopic (exact) mass is 536 g/mol. The minimum Gasteiger partial charge on any atom is -0.497 e. The Morgan fingerprint density at radius 2 is 1.85 bits per heavy atom. The molecule has 0 amide bonds. The minimum absolute atomic E-state index is 0.143. The van der Waals surface area contributed by atoms with Gasteiger partial charge >= 0.3 is 6.16 Å². The fourth-order valence-corrected chi connectivity index (χ4v) is 4.66. The maximum Gasteiger partial charge on any atom is 0.509 e. The molecule has 0 unspecified atom stereocenters. The fourth-order valence-electron chi connectivity index (χ4n) is 2.99. The topological polar surface area (TPSA) is 44.8 Å². The molecule has 0 aliphatic heterocycles. The van der Waals surface area contributed by atoms with Crippen molar-refractivity contribution in [2.45, 2.75) is 57.1 Å². The highest BCUT2D eigenvalue weighted by atomic mass is 127. The Hall–Kier alpha value is -0.760. The van der Waals surface area contributed by atoms with E-state index < -0.39 is 16.1 Å². The van der Waals surface area contributed by atoms with Crippen LogP contribution in [0.4, 0.5) is 4.79 Å². The molecule has 26 heavy (non-hydrogen) atoms. The smallest absolute Gasteiger partial charge is 0.497 e. The second-order valence-corrected chi connectivity index (χ2v) is 10.7. The summed E-state index contributed by atoms with van der Waals surface area (Å²) >= 11 is 6.19. The first-order valence-corrected chi connectivity index (χ1v) is 10.4. The molecule has 0 N–H and O–H groups in total. The van der Waals surface area contributed by atoms with Crippen molar-refractivity contribution in [3.8, 4) is 5.75 Å².